The van der Waals surface area contributed by atoms with E-state index < -0.39 is 36.1 Å². The number of nitrogens with zero attached hydrogens (tertiary/aromatic N) is 1. The first-order valence-electron chi connectivity index (χ1n) is 10.8. The van der Waals surface area contributed by atoms with Gasteiger partial charge in [-0.3, -0.25) is 14.4 Å². The second kappa shape index (κ2) is 13.0. The minimum Gasteiger partial charge on any atom is -0.493 e. The number of hydrogen-bond acceptors (Lipinski definition) is 6. The third-order valence-corrected chi connectivity index (χ3v) is 5.62. The lowest BCUT2D eigenvalue weighted by Gasteiger charge is -2.12. The number of alkyl halides is 3. The summed E-state index contributed by atoms with van der Waals surface area (Å²) in [7, 11) is 1.35. The second-order valence-corrected chi connectivity index (χ2v) is 8.37. The van der Waals surface area contributed by atoms with Crippen molar-refractivity contribution in [2.45, 2.75) is 6.18 Å². The van der Waals surface area contributed by atoms with Crippen molar-refractivity contribution in [3.8, 4) is 11.5 Å². The van der Waals surface area contributed by atoms with E-state index in [-0.39, 0.29) is 32.9 Å². The van der Waals surface area contributed by atoms with Gasteiger partial charge in [0, 0.05) is 5.69 Å². The summed E-state index contributed by atoms with van der Waals surface area (Å²) >= 11 is 11.8. The number of carbonyl (C=O) groups is 3. The standard InChI is InChI=1S/C25H19Cl2F3N4O5/c1-38-20-10-14(12-31-34-24(37)23(36)33-18-7-3-6-17(26)22(18)27)8-9-19(20)39-13-21(35)32-16-5-2-4-15(11-16)25(28,29)30/h2-12H,13H2,1H3,(H,32,35)(H,33,36)(H,34,37)/b31-12-. The smallest absolute Gasteiger partial charge is 0.416 e. The Morgan fingerprint density at radius 1 is 0.949 bits per heavy atom. The maximum atomic E-state index is 12.8. The summed E-state index contributed by atoms with van der Waals surface area (Å²) in [5.41, 5.74) is 1.71. The van der Waals surface area contributed by atoms with Crippen LogP contribution in [0.15, 0.2) is 65.8 Å². The summed E-state index contributed by atoms with van der Waals surface area (Å²) in [6, 6.07) is 13.2. The molecule has 3 aromatic carbocycles. The van der Waals surface area contributed by atoms with Crippen LogP contribution in [0.25, 0.3) is 0 Å². The Balaban J connectivity index is 1.55. The topological polar surface area (TPSA) is 118 Å². The Hall–Kier alpha value is -4.29. The predicted octanol–water partition coefficient (Wildman–Crippen LogP) is 5.13. The molecule has 3 amide bonds. The van der Waals surface area contributed by atoms with Crippen molar-refractivity contribution in [3.63, 3.8) is 0 Å². The van der Waals surface area contributed by atoms with Crippen LogP contribution in [-0.2, 0) is 20.6 Å². The average Bonchev–Trinajstić information content (AvgIpc) is 2.90. The fraction of sp³-hybridized carbons (Fsp3) is 0.120. The zero-order chi connectivity index (χ0) is 28.6. The first-order valence-corrected chi connectivity index (χ1v) is 11.6. The molecule has 0 aromatic heterocycles. The molecule has 0 saturated carbocycles. The van der Waals surface area contributed by atoms with Crippen LogP contribution >= 0.6 is 23.2 Å². The molecule has 3 aromatic rings. The van der Waals surface area contributed by atoms with Crippen LogP contribution in [-0.4, -0.2) is 37.7 Å². The predicted molar refractivity (Wildman–Crippen MR) is 139 cm³/mol. The number of amides is 3. The van der Waals surface area contributed by atoms with Crippen molar-refractivity contribution in [2.24, 2.45) is 5.10 Å². The molecule has 0 aliphatic carbocycles. The molecule has 0 saturated heterocycles. The van der Waals surface area contributed by atoms with E-state index in [1.807, 2.05) is 0 Å². The van der Waals surface area contributed by atoms with Crippen molar-refractivity contribution >= 4 is 58.5 Å². The van der Waals surface area contributed by atoms with E-state index in [0.717, 1.165) is 12.1 Å². The summed E-state index contributed by atoms with van der Waals surface area (Å²) in [5, 5.41) is 8.63. The van der Waals surface area contributed by atoms with E-state index >= 15 is 0 Å². The monoisotopic (exact) mass is 582 g/mol. The minimum atomic E-state index is -4.55. The minimum absolute atomic E-state index is 0.0386. The summed E-state index contributed by atoms with van der Waals surface area (Å²) < 4.78 is 49.2. The molecule has 9 nitrogen and oxygen atoms in total. The Bertz CT molecular complexity index is 1420. The number of benzene rings is 3. The first kappa shape index (κ1) is 29.3. The van der Waals surface area contributed by atoms with Crippen molar-refractivity contribution < 1.29 is 37.0 Å². The number of rotatable bonds is 8. The van der Waals surface area contributed by atoms with Gasteiger partial charge < -0.3 is 20.1 Å². The molecule has 3 N–H and O–H groups in total. The van der Waals surface area contributed by atoms with Crippen LogP contribution in [0, 0.1) is 0 Å². The molecule has 0 fully saturated rings. The molecule has 0 aliphatic heterocycles. The Morgan fingerprint density at radius 3 is 2.41 bits per heavy atom. The van der Waals surface area contributed by atoms with Crippen molar-refractivity contribution in [3.05, 3.63) is 81.8 Å². The van der Waals surface area contributed by atoms with Gasteiger partial charge in [0.1, 0.15) is 0 Å². The highest BCUT2D eigenvalue weighted by atomic mass is 35.5. The lowest BCUT2D eigenvalue weighted by atomic mass is 10.2. The van der Waals surface area contributed by atoms with Crippen LogP contribution in [0.4, 0.5) is 24.5 Å². The zero-order valence-corrected chi connectivity index (χ0v) is 21.4. The third kappa shape index (κ3) is 8.35. The molecular weight excluding hydrogens is 564 g/mol. The molecule has 0 aliphatic rings. The lowest BCUT2D eigenvalue weighted by Crippen LogP contribution is -2.32. The molecular formula is C25H19Cl2F3N4O5. The van der Waals surface area contributed by atoms with E-state index in [0.29, 0.717) is 5.56 Å². The highest BCUT2D eigenvalue weighted by Crippen LogP contribution is 2.31. The lowest BCUT2D eigenvalue weighted by molar-refractivity contribution is -0.137. The van der Waals surface area contributed by atoms with Crippen molar-refractivity contribution in [1.82, 2.24) is 5.43 Å². The molecule has 0 atom stereocenters. The van der Waals surface area contributed by atoms with E-state index in [2.05, 4.69) is 21.2 Å². The van der Waals surface area contributed by atoms with Crippen LogP contribution in [0.5, 0.6) is 11.5 Å². The molecule has 3 rings (SSSR count). The van der Waals surface area contributed by atoms with Crippen LogP contribution in [0.2, 0.25) is 10.0 Å². The third-order valence-electron chi connectivity index (χ3n) is 4.81. The van der Waals surface area contributed by atoms with Gasteiger partial charge in [0.15, 0.2) is 18.1 Å². The SMILES string of the molecule is COc1cc(/C=N\NC(=O)C(=O)Nc2cccc(Cl)c2Cl)ccc1OCC(=O)Nc1cccc(C(F)(F)F)c1. The molecule has 0 spiro atoms. The highest BCUT2D eigenvalue weighted by Gasteiger charge is 2.30. The number of carbonyl (C=O) groups excluding carboxylic acids is 3. The van der Waals surface area contributed by atoms with E-state index in [9.17, 15) is 27.6 Å². The highest BCUT2D eigenvalue weighted by molar-refractivity contribution is 6.45. The number of methoxy groups -OCH3 is 1. The molecule has 0 heterocycles. The maximum absolute atomic E-state index is 12.8. The van der Waals surface area contributed by atoms with Gasteiger partial charge in [-0.05, 0) is 54.1 Å². The van der Waals surface area contributed by atoms with E-state index in [4.69, 9.17) is 32.7 Å². The number of hydrazone groups is 1. The van der Waals surface area contributed by atoms with Gasteiger partial charge in [0.25, 0.3) is 5.91 Å². The number of nitrogens with one attached hydrogen (secondary N) is 3. The Kier molecular flexibility index (Phi) is 9.74. The van der Waals surface area contributed by atoms with Gasteiger partial charge in [0.05, 0.1) is 34.6 Å². The van der Waals surface area contributed by atoms with Gasteiger partial charge in [-0.1, -0.05) is 35.3 Å². The summed E-state index contributed by atoms with van der Waals surface area (Å²) in [6.45, 7) is -0.512. The maximum Gasteiger partial charge on any atom is 0.416 e. The number of anilines is 2. The largest absolute Gasteiger partial charge is 0.493 e. The second-order valence-electron chi connectivity index (χ2n) is 7.58. The molecule has 39 heavy (non-hydrogen) atoms. The summed E-state index contributed by atoms with van der Waals surface area (Å²) in [6.07, 6.45) is -3.32. The van der Waals surface area contributed by atoms with Gasteiger partial charge >= 0.3 is 18.0 Å². The van der Waals surface area contributed by atoms with Gasteiger partial charge in [-0.15, -0.1) is 0 Å². The fourth-order valence-corrected chi connectivity index (χ4v) is 3.34. The molecule has 204 valence electrons. The van der Waals surface area contributed by atoms with Crippen LogP contribution in [0.3, 0.4) is 0 Å². The molecule has 14 heteroatoms. The first-order chi connectivity index (χ1) is 18.5. The zero-order valence-electron chi connectivity index (χ0n) is 19.9. The van der Waals surface area contributed by atoms with Gasteiger partial charge in [-0.2, -0.15) is 18.3 Å². The van der Waals surface area contributed by atoms with Gasteiger partial charge in [0.2, 0.25) is 0 Å². The summed E-state index contributed by atoms with van der Waals surface area (Å²) in [4.78, 5) is 36.2. The number of hydrogen-bond donors (Lipinski definition) is 3. The van der Waals surface area contributed by atoms with Crippen molar-refractivity contribution in [2.75, 3.05) is 24.4 Å². The summed E-state index contributed by atoms with van der Waals surface area (Å²) in [5.74, 6) is -2.43. The van der Waals surface area contributed by atoms with Crippen molar-refractivity contribution in [1.29, 1.82) is 0 Å². The van der Waals surface area contributed by atoms with Crippen LogP contribution in [0.1, 0.15) is 11.1 Å². The van der Waals surface area contributed by atoms with E-state index in [1.54, 1.807) is 6.07 Å². The molecule has 0 unspecified atom stereocenters. The Labute approximate surface area is 229 Å². The molecule has 0 bridgehead atoms. The number of ether oxygens (including phenoxy) is 2. The number of halogens is 5. The average molecular weight is 583 g/mol. The quantitative estimate of drug-likeness (QED) is 0.193. The van der Waals surface area contributed by atoms with Gasteiger partial charge in [-0.25, -0.2) is 5.43 Å². The fourth-order valence-electron chi connectivity index (χ4n) is 2.99. The van der Waals surface area contributed by atoms with Crippen LogP contribution < -0.4 is 25.5 Å². The van der Waals surface area contributed by atoms with E-state index in [1.165, 1.54) is 55.8 Å². The normalized spacial score (nSPS) is 11.1. The Morgan fingerprint density at radius 2 is 1.69 bits per heavy atom. The molecule has 0 radical (unpaired) electrons.